The van der Waals surface area contributed by atoms with E-state index in [4.69, 9.17) is 24.6 Å². The van der Waals surface area contributed by atoms with Crippen LogP contribution in [-0.4, -0.2) is 91.6 Å². The molecule has 0 unspecified atom stereocenters. The number of amides is 4. The number of hydrogen-bond acceptors (Lipinski definition) is 16. The normalized spacial score (nSPS) is 13.0. The molecule has 30 heteroatoms. The number of anilines is 4. The second kappa shape index (κ2) is 32.0. The van der Waals surface area contributed by atoms with Gasteiger partial charge in [0.05, 0.1) is 9.85 Å². The summed E-state index contributed by atoms with van der Waals surface area (Å²) in [7, 11) is 0. The average molecular weight is 1230 g/mol. The summed E-state index contributed by atoms with van der Waals surface area (Å²) in [5, 5.41) is 67.8. The molecule has 5 rings (SSSR count). The molecule has 1 aliphatic heterocycles. The number of carbonyl (C=O) groups excluding carboxylic acids is 5. The van der Waals surface area contributed by atoms with Crippen molar-refractivity contribution in [3.63, 3.8) is 0 Å². The third-order valence-electron chi connectivity index (χ3n) is 8.50. The van der Waals surface area contributed by atoms with Gasteiger partial charge >= 0.3 is 81.2 Å². The van der Waals surface area contributed by atoms with Crippen LogP contribution in [0.1, 0.15) is 51.7 Å². The van der Waals surface area contributed by atoms with E-state index in [1.807, 2.05) is 0 Å². The molecule has 1 heterocycles. The van der Waals surface area contributed by atoms with Gasteiger partial charge in [0.25, 0.3) is 29.7 Å². The van der Waals surface area contributed by atoms with Crippen molar-refractivity contribution in [3.05, 3.63) is 116 Å². The maximum Gasteiger partial charge on any atom is 1.00 e. The number of nitro groups is 2. The first-order valence-corrected chi connectivity index (χ1v) is 21.2. The Morgan fingerprint density at radius 3 is 1.34 bits per heavy atom. The smallest absolute Gasteiger partial charge is 0.662 e. The summed E-state index contributed by atoms with van der Waals surface area (Å²) in [6.07, 6.45) is -7.40. The number of carbonyl (C=O) groups is 5. The summed E-state index contributed by atoms with van der Waals surface area (Å²) in [6, 6.07) is 16.3. The standard InChI is InChI=1S/C19H18F3N3O6.C11H10BrF3N2O4.C8H9NO2.C4H8O.CH2O3.Cs/c1-11(26)23-12-3-6-14(7-4-12)31-10-18(2,28)17(27)24-13-5-8-16(25(29)30)15(9-13)19(20,21)22;1-10(19,5-12)9(18)16-6-2-3-8(17(20)21)7(4-6)11(13,14)15;1-6(10)9-7-2-4-8(11)5-3-7;1-2-4-5-3-1;2-1-4-3;/h3-9,28H,10H2,1-2H3,(H,23,26)(H,24,27);2-4,19H,5H2,1H3,(H,16,18);2-5,11H,1H3,(H,9,10);1-4H2;1,3H;/q;;;;;+1/p-1/t18-;10-;;;;/m00..../s1. The maximum atomic E-state index is 13.1. The fraction of sp³-hybridized carbons (Fsp3) is 0.326. The summed E-state index contributed by atoms with van der Waals surface area (Å²) in [4.78, 5) is 75.7. The van der Waals surface area contributed by atoms with Crippen LogP contribution in [0, 0.1) is 20.2 Å². The van der Waals surface area contributed by atoms with E-state index in [0.29, 0.717) is 35.6 Å². The molecular formula is C43H46BrCsF6N6O16. The van der Waals surface area contributed by atoms with Gasteiger partial charge in [-0.25, -0.2) is 0 Å². The van der Waals surface area contributed by atoms with E-state index in [0.717, 1.165) is 39.2 Å². The Morgan fingerprint density at radius 2 is 1.04 bits per heavy atom. The Bertz CT molecular complexity index is 2460. The fourth-order valence-electron chi connectivity index (χ4n) is 4.98. The molecule has 0 bridgehead atoms. The van der Waals surface area contributed by atoms with Crippen LogP contribution in [0.5, 0.6) is 11.5 Å². The van der Waals surface area contributed by atoms with E-state index in [1.54, 1.807) is 12.1 Å². The van der Waals surface area contributed by atoms with Crippen LogP contribution >= 0.6 is 15.9 Å². The molecule has 394 valence electrons. The average Bonchev–Trinajstić information content (AvgIpc) is 3.90. The largest absolute Gasteiger partial charge is 1.00 e. The van der Waals surface area contributed by atoms with E-state index in [-0.39, 0.29) is 115 Å². The molecule has 0 radical (unpaired) electrons. The van der Waals surface area contributed by atoms with Crippen LogP contribution in [0.4, 0.5) is 60.5 Å². The molecule has 1 aliphatic rings. The van der Waals surface area contributed by atoms with E-state index in [2.05, 4.69) is 42.1 Å². The Kier molecular flexibility index (Phi) is 29.6. The molecule has 2 atom stereocenters. The number of aliphatic hydroxyl groups is 2. The zero-order valence-electron chi connectivity index (χ0n) is 39.1. The number of benzene rings is 4. The van der Waals surface area contributed by atoms with Gasteiger partial charge in [-0.2, -0.15) is 26.3 Å². The molecule has 1 fully saturated rings. The zero-order valence-corrected chi connectivity index (χ0v) is 47.0. The van der Waals surface area contributed by atoms with Crippen LogP contribution in [0.3, 0.4) is 0 Å². The Morgan fingerprint density at radius 1 is 0.685 bits per heavy atom. The fourth-order valence-corrected chi connectivity index (χ4v) is 5.23. The SMILES string of the molecule is C1CCOC1.CC(=O)Nc1ccc(O)cc1.CC(=O)Nc1ccc(OC[C@](C)(O)C(=O)Nc2ccc([N+](=O)[O-])c(C(F)(F)F)c2)cc1.C[C@](O)(CBr)C(=O)Nc1ccc([N+](=O)[O-])c(C(F)(F)F)c1.O=CO[O-].[Cs+]. The van der Waals surface area contributed by atoms with Gasteiger partial charge in [-0.3, -0.25) is 44.2 Å². The van der Waals surface area contributed by atoms with Crippen LogP contribution in [0.15, 0.2) is 84.9 Å². The first-order valence-electron chi connectivity index (χ1n) is 20.1. The quantitative estimate of drug-likeness (QED) is 0.0191. The number of nitrogens with one attached hydrogen (secondary N) is 4. The monoisotopic (exact) mass is 1230 g/mol. The molecule has 0 aliphatic carbocycles. The molecule has 0 spiro atoms. The van der Waals surface area contributed by atoms with Crippen molar-refractivity contribution < 1.29 is 164 Å². The van der Waals surface area contributed by atoms with Crippen molar-refractivity contribution in [1.29, 1.82) is 0 Å². The Hall–Kier alpha value is -5.42. The summed E-state index contributed by atoms with van der Waals surface area (Å²) in [6.45, 7) is 6.30. The van der Waals surface area contributed by atoms with E-state index in [1.165, 1.54) is 63.1 Å². The van der Waals surface area contributed by atoms with Crippen molar-refractivity contribution >= 4 is 80.2 Å². The van der Waals surface area contributed by atoms with Gasteiger partial charge in [0, 0.05) is 67.3 Å². The first-order chi connectivity index (χ1) is 33.4. The predicted molar refractivity (Wildman–Crippen MR) is 244 cm³/mol. The third kappa shape index (κ3) is 25.9. The number of ether oxygens (including phenoxy) is 2. The molecule has 22 nitrogen and oxygen atoms in total. The van der Waals surface area contributed by atoms with E-state index < -0.39 is 74.3 Å². The van der Waals surface area contributed by atoms with Crippen LogP contribution in [0.2, 0.25) is 0 Å². The molecular weight excluding hydrogens is 1180 g/mol. The molecule has 0 saturated carbocycles. The minimum atomic E-state index is -5.02. The van der Waals surface area contributed by atoms with Gasteiger partial charge in [-0.05, 0) is 99.5 Å². The van der Waals surface area contributed by atoms with Gasteiger partial charge in [-0.15, -0.1) is 0 Å². The number of aromatic hydroxyl groups is 1. The van der Waals surface area contributed by atoms with E-state index in [9.17, 15) is 76.0 Å². The van der Waals surface area contributed by atoms with Crippen molar-refractivity contribution in [3.8, 4) is 11.5 Å². The minimum absolute atomic E-state index is 0. The molecule has 1 saturated heterocycles. The number of nitrogens with zero attached hydrogens (tertiary/aromatic N) is 2. The van der Waals surface area contributed by atoms with Crippen LogP contribution in [-0.2, 0) is 45.9 Å². The second-order valence-corrected chi connectivity index (χ2v) is 15.4. The zero-order chi connectivity index (χ0) is 55.0. The topological polar surface area (TPSA) is 331 Å². The number of halogens is 7. The van der Waals surface area contributed by atoms with Crippen LogP contribution < -0.4 is 100 Å². The number of phenolic OH excluding ortho intramolecular Hbond substituents is 1. The maximum absolute atomic E-state index is 13.1. The number of phenols is 1. The Balaban J connectivity index is 0.00000105. The molecule has 4 amide bonds. The Labute approximate surface area is 477 Å². The van der Waals surface area contributed by atoms with Crippen molar-refractivity contribution in [2.24, 2.45) is 0 Å². The van der Waals surface area contributed by atoms with Gasteiger partial charge in [-0.1, -0.05) is 15.9 Å². The first kappa shape index (κ1) is 67.6. The molecule has 0 aromatic heterocycles. The molecule has 7 N–H and O–H groups in total. The molecule has 4 aromatic rings. The minimum Gasteiger partial charge on any atom is -0.662 e. The molecule has 73 heavy (non-hydrogen) atoms. The summed E-state index contributed by atoms with van der Waals surface area (Å²) >= 11 is 2.88. The van der Waals surface area contributed by atoms with Gasteiger partial charge in [0.15, 0.2) is 5.60 Å². The van der Waals surface area contributed by atoms with E-state index >= 15 is 0 Å². The number of rotatable bonds is 13. The van der Waals surface area contributed by atoms with Gasteiger partial charge < -0.3 is 56.2 Å². The number of hydrogen-bond donors (Lipinski definition) is 7. The van der Waals surface area contributed by atoms with Gasteiger partial charge in [0.2, 0.25) is 11.8 Å². The molecule has 4 aromatic carbocycles. The number of alkyl halides is 7. The van der Waals surface area contributed by atoms with Gasteiger partial charge in [0.1, 0.15) is 34.8 Å². The van der Waals surface area contributed by atoms with Crippen LogP contribution in [0.25, 0.3) is 0 Å². The second-order valence-electron chi connectivity index (χ2n) is 14.8. The van der Waals surface area contributed by atoms with Crippen molar-refractivity contribution in [2.75, 3.05) is 46.4 Å². The summed E-state index contributed by atoms with van der Waals surface area (Å²) in [5.74, 6) is -1.95. The summed E-state index contributed by atoms with van der Waals surface area (Å²) in [5.41, 5.74) is -8.78. The van der Waals surface area contributed by atoms with Crippen molar-refractivity contribution in [1.82, 2.24) is 0 Å². The van der Waals surface area contributed by atoms with Crippen molar-refractivity contribution in [2.45, 2.75) is 64.1 Å². The predicted octanol–water partition coefficient (Wildman–Crippen LogP) is 3.62. The number of nitro benzene ring substituents is 2. The third-order valence-corrected chi connectivity index (χ3v) is 9.59. The summed E-state index contributed by atoms with van der Waals surface area (Å²) < 4.78 is 87.7.